The van der Waals surface area contributed by atoms with E-state index in [9.17, 15) is 28.1 Å². The average Bonchev–Trinajstić information content (AvgIpc) is 2.34. The number of hydrogen-bond acceptors (Lipinski definition) is 4. The highest BCUT2D eigenvalue weighted by molar-refractivity contribution is 5.93. The van der Waals surface area contributed by atoms with Gasteiger partial charge in [0.05, 0.1) is 11.3 Å². The number of aromatic carboxylic acids is 1. The maximum absolute atomic E-state index is 12.1. The lowest BCUT2D eigenvalue weighted by atomic mass is 10.1. The van der Waals surface area contributed by atoms with Crippen molar-refractivity contribution in [1.82, 2.24) is 0 Å². The van der Waals surface area contributed by atoms with E-state index in [4.69, 9.17) is 5.11 Å². The van der Waals surface area contributed by atoms with E-state index in [0.29, 0.717) is 0 Å². The van der Waals surface area contributed by atoms with Crippen LogP contribution >= 0.6 is 0 Å². The highest BCUT2D eigenvalue weighted by atomic mass is 19.4. The predicted octanol–water partition coefficient (Wildman–Crippen LogP) is 2.68. The SMILES string of the molecule is CN(CCC(F)(F)F)c1ccc([N+](=O)[O-])c(C(=O)O)c1. The normalized spacial score (nSPS) is 11.2. The van der Waals surface area contributed by atoms with Crippen LogP contribution in [0.2, 0.25) is 0 Å². The van der Waals surface area contributed by atoms with Gasteiger partial charge in [0, 0.05) is 25.3 Å². The average molecular weight is 292 g/mol. The summed E-state index contributed by atoms with van der Waals surface area (Å²) < 4.78 is 36.3. The molecule has 1 aromatic rings. The van der Waals surface area contributed by atoms with Crippen LogP contribution in [0.25, 0.3) is 0 Å². The molecule has 6 nitrogen and oxygen atoms in total. The van der Waals surface area contributed by atoms with E-state index in [1.807, 2.05) is 0 Å². The van der Waals surface area contributed by atoms with Crippen molar-refractivity contribution < 1.29 is 28.0 Å². The molecule has 0 unspecified atom stereocenters. The zero-order valence-electron chi connectivity index (χ0n) is 10.3. The summed E-state index contributed by atoms with van der Waals surface area (Å²) in [4.78, 5) is 21.9. The minimum atomic E-state index is -4.33. The number of alkyl halides is 3. The van der Waals surface area contributed by atoms with E-state index in [1.54, 1.807) is 0 Å². The molecule has 0 saturated heterocycles. The third-order valence-corrected chi connectivity index (χ3v) is 2.58. The second-order valence-corrected chi connectivity index (χ2v) is 4.05. The van der Waals surface area contributed by atoms with Crippen LogP contribution in [-0.4, -0.2) is 35.8 Å². The molecule has 0 aliphatic rings. The monoisotopic (exact) mass is 292 g/mol. The van der Waals surface area contributed by atoms with Gasteiger partial charge in [-0.25, -0.2) is 4.79 Å². The summed E-state index contributed by atoms with van der Waals surface area (Å²) in [6.07, 6.45) is -5.40. The van der Waals surface area contributed by atoms with E-state index in [2.05, 4.69) is 0 Å². The van der Waals surface area contributed by atoms with Gasteiger partial charge in [-0.3, -0.25) is 10.1 Å². The molecule has 0 amide bonds. The summed E-state index contributed by atoms with van der Waals surface area (Å²) in [6, 6.07) is 3.15. The number of carbonyl (C=O) groups is 1. The smallest absolute Gasteiger partial charge is 0.390 e. The Morgan fingerprint density at radius 1 is 1.45 bits per heavy atom. The van der Waals surface area contributed by atoms with E-state index < -0.39 is 34.7 Å². The van der Waals surface area contributed by atoms with Crippen LogP contribution in [0.1, 0.15) is 16.8 Å². The van der Waals surface area contributed by atoms with Gasteiger partial charge in [-0.15, -0.1) is 0 Å². The Kier molecular flexibility index (Phi) is 4.53. The van der Waals surface area contributed by atoms with Crippen molar-refractivity contribution in [1.29, 1.82) is 0 Å². The van der Waals surface area contributed by atoms with Crippen LogP contribution in [0.15, 0.2) is 18.2 Å². The number of nitro groups is 1. The Morgan fingerprint density at radius 2 is 2.05 bits per heavy atom. The zero-order valence-corrected chi connectivity index (χ0v) is 10.3. The minimum absolute atomic E-state index is 0.164. The lowest BCUT2D eigenvalue weighted by molar-refractivity contribution is -0.385. The van der Waals surface area contributed by atoms with Crippen LogP contribution in [0, 0.1) is 10.1 Å². The third-order valence-electron chi connectivity index (χ3n) is 2.58. The first-order valence-corrected chi connectivity index (χ1v) is 5.41. The molecule has 1 aromatic carbocycles. The van der Waals surface area contributed by atoms with Crippen LogP contribution in [0.4, 0.5) is 24.5 Å². The second kappa shape index (κ2) is 5.76. The molecule has 9 heteroatoms. The van der Waals surface area contributed by atoms with Gasteiger partial charge in [0.15, 0.2) is 0 Å². The van der Waals surface area contributed by atoms with Gasteiger partial charge in [0.1, 0.15) is 5.56 Å². The number of nitrogens with zero attached hydrogens (tertiary/aromatic N) is 2. The largest absolute Gasteiger partial charge is 0.477 e. The first-order chi connectivity index (χ1) is 9.11. The standard InChI is InChI=1S/C11H11F3N2O4/c1-15(5-4-11(12,13)14)7-2-3-9(16(19)20)8(6-7)10(17)18/h2-3,6H,4-5H2,1H3,(H,17,18). The van der Waals surface area contributed by atoms with E-state index in [0.717, 1.165) is 12.1 Å². The Bertz CT molecular complexity index is 531. The number of rotatable bonds is 5. The Morgan fingerprint density at radius 3 is 2.50 bits per heavy atom. The molecule has 0 saturated carbocycles. The van der Waals surface area contributed by atoms with Crippen LogP contribution in [0.5, 0.6) is 0 Å². The lowest BCUT2D eigenvalue weighted by Crippen LogP contribution is -2.24. The molecule has 0 bridgehead atoms. The first-order valence-electron chi connectivity index (χ1n) is 5.41. The van der Waals surface area contributed by atoms with Crippen molar-refractivity contribution in [2.45, 2.75) is 12.6 Å². The summed E-state index contributed by atoms with van der Waals surface area (Å²) in [5.41, 5.74) is -1.01. The van der Waals surface area contributed by atoms with Gasteiger partial charge in [-0.2, -0.15) is 13.2 Å². The van der Waals surface area contributed by atoms with Crippen molar-refractivity contribution in [3.8, 4) is 0 Å². The number of benzene rings is 1. The summed E-state index contributed by atoms with van der Waals surface area (Å²) in [5.74, 6) is -1.51. The zero-order chi connectivity index (χ0) is 15.5. The quantitative estimate of drug-likeness (QED) is 0.666. The molecule has 0 atom stereocenters. The number of hydrogen-bond donors (Lipinski definition) is 1. The van der Waals surface area contributed by atoms with Crippen molar-refractivity contribution >= 4 is 17.3 Å². The maximum Gasteiger partial charge on any atom is 0.390 e. The molecule has 20 heavy (non-hydrogen) atoms. The fourth-order valence-corrected chi connectivity index (χ4v) is 1.52. The molecule has 1 N–H and O–H groups in total. The summed E-state index contributed by atoms with van der Waals surface area (Å²) >= 11 is 0. The number of carboxylic acids is 1. The van der Waals surface area contributed by atoms with Crippen molar-refractivity contribution in [2.24, 2.45) is 0 Å². The number of nitro benzene ring substituents is 1. The lowest BCUT2D eigenvalue weighted by Gasteiger charge is -2.20. The third kappa shape index (κ3) is 4.11. The molecule has 0 heterocycles. The second-order valence-electron chi connectivity index (χ2n) is 4.05. The Balaban J connectivity index is 3.00. The molecular formula is C11H11F3N2O4. The molecule has 110 valence electrons. The molecule has 0 radical (unpaired) electrons. The van der Waals surface area contributed by atoms with Gasteiger partial charge in [-0.1, -0.05) is 0 Å². The predicted molar refractivity (Wildman–Crippen MR) is 64.0 cm³/mol. The van der Waals surface area contributed by atoms with Crippen LogP contribution < -0.4 is 4.90 Å². The molecule has 0 aromatic heterocycles. The molecule has 0 aliphatic carbocycles. The molecule has 0 spiro atoms. The van der Waals surface area contributed by atoms with E-state index >= 15 is 0 Å². The van der Waals surface area contributed by atoms with Crippen molar-refractivity contribution in [2.75, 3.05) is 18.5 Å². The topological polar surface area (TPSA) is 83.7 Å². The fraction of sp³-hybridized carbons (Fsp3) is 0.364. The van der Waals surface area contributed by atoms with Gasteiger partial charge in [0.25, 0.3) is 5.69 Å². The highest BCUT2D eigenvalue weighted by Crippen LogP contribution is 2.26. The molecular weight excluding hydrogens is 281 g/mol. The van der Waals surface area contributed by atoms with Crippen LogP contribution in [-0.2, 0) is 0 Å². The van der Waals surface area contributed by atoms with E-state index in [1.165, 1.54) is 18.0 Å². The molecule has 0 fully saturated rings. The maximum atomic E-state index is 12.1. The summed E-state index contributed by atoms with van der Waals surface area (Å²) in [5, 5.41) is 19.5. The minimum Gasteiger partial charge on any atom is -0.477 e. The van der Waals surface area contributed by atoms with Crippen molar-refractivity contribution in [3.63, 3.8) is 0 Å². The van der Waals surface area contributed by atoms with Gasteiger partial charge in [-0.05, 0) is 12.1 Å². The Hall–Kier alpha value is -2.32. The number of halogens is 3. The number of carboxylic acid groups (broad SMARTS) is 1. The fourth-order valence-electron chi connectivity index (χ4n) is 1.52. The van der Waals surface area contributed by atoms with Crippen LogP contribution in [0.3, 0.4) is 0 Å². The van der Waals surface area contributed by atoms with Gasteiger partial charge in [0.2, 0.25) is 0 Å². The summed E-state index contributed by atoms with van der Waals surface area (Å²) in [7, 11) is 1.35. The molecule has 0 aliphatic heterocycles. The number of anilines is 1. The first kappa shape index (κ1) is 15.7. The Labute approximate surface area is 111 Å². The van der Waals surface area contributed by atoms with E-state index in [-0.39, 0.29) is 12.2 Å². The van der Waals surface area contributed by atoms with Crippen molar-refractivity contribution in [3.05, 3.63) is 33.9 Å². The van der Waals surface area contributed by atoms with Gasteiger partial charge >= 0.3 is 12.1 Å². The molecule has 1 rings (SSSR count). The van der Waals surface area contributed by atoms with Gasteiger partial charge < -0.3 is 10.0 Å². The highest BCUT2D eigenvalue weighted by Gasteiger charge is 2.28. The summed E-state index contributed by atoms with van der Waals surface area (Å²) in [6.45, 7) is -0.375.